The smallest absolute Gasteiger partial charge is 0.305 e. The van der Waals surface area contributed by atoms with E-state index in [2.05, 4.69) is 25.7 Å². The molecule has 0 bridgehead atoms. The number of aromatic hydroxyl groups is 1. The molecule has 18 heteroatoms. The van der Waals surface area contributed by atoms with E-state index < -0.39 is 53.7 Å². The standard InChI is InChI=1S/C32H47N7O11/c1-49-27(42)15-4-2-3-14-26(41)38(47)17-9-12-22(35-30(45)24-19-50-31(37-24)20-10-5-6-13-25(20)40)29(44)34-18-21(33)28(43)36-23-11-7-8-16-39(48)32(23)46/h5-6,10,13,21-24,40,47-48H,2-4,7-9,11-12,14-19,33H2,1H3,(H,34,44)(H,35,45)(H,36,43)/t21-,22+,23?,24+/m1/s1. The van der Waals surface area contributed by atoms with Crippen molar-refractivity contribution < 1.29 is 53.8 Å². The van der Waals surface area contributed by atoms with Crippen LogP contribution in [-0.4, -0.2) is 125 Å². The molecule has 2 heterocycles. The summed E-state index contributed by atoms with van der Waals surface area (Å²) < 4.78 is 10.1. The summed E-state index contributed by atoms with van der Waals surface area (Å²) in [4.78, 5) is 79.3. The summed E-state index contributed by atoms with van der Waals surface area (Å²) in [6.45, 7) is -0.514. The average molecular weight is 706 g/mol. The van der Waals surface area contributed by atoms with Crippen LogP contribution in [0.1, 0.15) is 69.8 Å². The number of amides is 5. The number of esters is 1. The van der Waals surface area contributed by atoms with Crippen molar-refractivity contribution in [3.8, 4) is 5.75 Å². The molecule has 5 amide bonds. The summed E-state index contributed by atoms with van der Waals surface area (Å²) in [7, 11) is 1.30. The number of unbranched alkanes of at least 4 members (excludes halogenated alkanes) is 2. The number of aliphatic imine (C=N–C) groups is 1. The lowest BCUT2D eigenvalue weighted by Crippen LogP contribution is -2.56. The van der Waals surface area contributed by atoms with Gasteiger partial charge >= 0.3 is 5.97 Å². The van der Waals surface area contributed by atoms with E-state index in [1.54, 1.807) is 18.2 Å². The Morgan fingerprint density at radius 3 is 2.58 bits per heavy atom. The fraction of sp³-hybridized carbons (Fsp3) is 0.594. The molecule has 1 aromatic carbocycles. The lowest BCUT2D eigenvalue weighted by Gasteiger charge is -2.23. The molecule has 4 atom stereocenters. The number of para-hydroxylation sites is 1. The Bertz CT molecular complexity index is 1390. The summed E-state index contributed by atoms with van der Waals surface area (Å²) >= 11 is 0. The van der Waals surface area contributed by atoms with Crippen LogP contribution in [0.25, 0.3) is 0 Å². The molecule has 0 spiro atoms. The van der Waals surface area contributed by atoms with Crippen molar-refractivity contribution >= 4 is 41.4 Å². The summed E-state index contributed by atoms with van der Waals surface area (Å²) in [5, 5.41) is 38.9. The summed E-state index contributed by atoms with van der Waals surface area (Å²) in [6.07, 6.45) is 3.37. The van der Waals surface area contributed by atoms with Gasteiger partial charge in [-0.3, -0.25) is 39.2 Å². The molecule has 0 aromatic heterocycles. The molecule has 0 radical (unpaired) electrons. The van der Waals surface area contributed by atoms with Gasteiger partial charge in [-0.05, 0) is 57.1 Å². The lowest BCUT2D eigenvalue weighted by molar-refractivity contribution is -0.167. The van der Waals surface area contributed by atoms with Crippen molar-refractivity contribution in [1.82, 2.24) is 26.1 Å². The molecule has 50 heavy (non-hydrogen) atoms. The first-order chi connectivity index (χ1) is 23.9. The number of ether oxygens (including phenoxy) is 2. The first kappa shape index (κ1) is 39.6. The van der Waals surface area contributed by atoms with Gasteiger partial charge in [0.25, 0.3) is 5.91 Å². The Hall–Kier alpha value is -4.81. The molecule has 1 fully saturated rings. The van der Waals surface area contributed by atoms with Gasteiger partial charge in [-0.25, -0.2) is 15.1 Å². The quantitative estimate of drug-likeness (QED) is 0.0440. The fourth-order valence-corrected chi connectivity index (χ4v) is 5.23. The van der Waals surface area contributed by atoms with Crippen LogP contribution in [0.3, 0.4) is 0 Å². The Morgan fingerprint density at radius 1 is 1.10 bits per heavy atom. The summed E-state index contributed by atoms with van der Waals surface area (Å²) in [6, 6.07) is 1.80. The highest BCUT2D eigenvalue weighted by atomic mass is 16.5. The molecule has 0 saturated carbocycles. The molecule has 1 unspecified atom stereocenters. The maximum atomic E-state index is 13.3. The van der Waals surface area contributed by atoms with E-state index in [1.165, 1.54) is 13.2 Å². The number of carbonyl (C=O) groups excluding carboxylic acids is 6. The van der Waals surface area contributed by atoms with Crippen LogP contribution >= 0.6 is 0 Å². The van der Waals surface area contributed by atoms with E-state index in [0.717, 1.165) is 0 Å². The SMILES string of the molecule is COC(=O)CCCCCC(=O)N(O)CCC[C@H](NC(=O)[C@@H]1COC(c2ccccc2O)=N1)C(=O)NC[C@@H](N)C(=O)NC1CCCCN(O)C1=O. The van der Waals surface area contributed by atoms with Crippen molar-refractivity contribution in [2.75, 3.05) is 33.4 Å². The van der Waals surface area contributed by atoms with Gasteiger partial charge in [0, 0.05) is 32.5 Å². The van der Waals surface area contributed by atoms with Crippen LogP contribution in [0.5, 0.6) is 5.75 Å². The molecule has 18 nitrogen and oxygen atoms in total. The van der Waals surface area contributed by atoms with E-state index in [1.807, 2.05) is 0 Å². The van der Waals surface area contributed by atoms with Gasteiger partial charge in [0.15, 0.2) is 6.04 Å². The van der Waals surface area contributed by atoms with Gasteiger partial charge in [0.2, 0.25) is 29.5 Å². The Morgan fingerprint density at radius 2 is 1.84 bits per heavy atom. The normalized spacial score (nSPS) is 18.5. The van der Waals surface area contributed by atoms with Gasteiger partial charge in [-0.2, -0.15) is 0 Å². The molecular formula is C32H47N7O11. The number of nitrogens with two attached hydrogens (primary N) is 1. The Kier molecular flexibility index (Phi) is 15.9. The average Bonchev–Trinajstić information content (AvgIpc) is 3.55. The number of carbonyl (C=O) groups is 6. The molecule has 276 valence electrons. The third-order valence-electron chi connectivity index (χ3n) is 8.19. The lowest BCUT2D eigenvalue weighted by atomic mass is 10.1. The molecule has 0 aliphatic carbocycles. The maximum absolute atomic E-state index is 13.3. The van der Waals surface area contributed by atoms with Crippen LogP contribution in [0.2, 0.25) is 0 Å². The van der Waals surface area contributed by atoms with Gasteiger partial charge < -0.3 is 36.3 Å². The van der Waals surface area contributed by atoms with Crippen molar-refractivity contribution in [1.29, 1.82) is 0 Å². The second-order valence-corrected chi connectivity index (χ2v) is 12.0. The summed E-state index contributed by atoms with van der Waals surface area (Å²) in [5.74, 6) is -3.69. The zero-order valence-corrected chi connectivity index (χ0v) is 28.0. The van der Waals surface area contributed by atoms with Gasteiger partial charge in [0.05, 0.1) is 12.7 Å². The maximum Gasteiger partial charge on any atom is 0.305 e. The monoisotopic (exact) mass is 705 g/mol. The van der Waals surface area contributed by atoms with E-state index in [-0.39, 0.29) is 75.1 Å². The second kappa shape index (κ2) is 20.0. The third-order valence-corrected chi connectivity index (χ3v) is 8.19. The number of rotatable bonds is 18. The largest absolute Gasteiger partial charge is 0.507 e. The zero-order valence-electron chi connectivity index (χ0n) is 28.0. The minimum atomic E-state index is -1.27. The van der Waals surface area contributed by atoms with Crippen LogP contribution in [0.4, 0.5) is 0 Å². The van der Waals surface area contributed by atoms with E-state index in [0.29, 0.717) is 48.7 Å². The molecular weight excluding hydrogens is 658 g/mol. The third kappa shape index (κ3) is 12.3. The van der Waals surface area contributed by atoms with Crippen LogP contribution in [0, 0.1) is 0 Å². The van der Waals surface area contributed by atoms with Crippen LogP contribution in [-0.2, 0) is 38.2 Å². The minimum absolute atomic E-state index is 0.0327. The first-order valence-electron chi connectivity index (χ1n) is 16.6. The number of phenols is 1. The number of nitrogens with zero attached hydrogens (tertiary/aromatic N) is 3. The second-order valence-electron chi connectivity index (χ2n) is 12.0. The number of benzene rings is 1. The summed E-state index contributed by atoms with van der Waals surface area (Å²) in [5.41, 5.74) is 6.27. The van der Waals surface area contributed by atoms with E-state index in [9.17, 15) is 44.3 Å². The van der Waals surface area contributed by atoms with Crippen LogP contribution in [0.15, 0.2) is 29.3 Å². The van der Waals surface area contributed by atoms with Gasteiger partial charge in [0.1, 0.15) is 30.5 Å². The molecule has 3 rings (SSSR count). The van der Waals surface area contributed by atoms with Crippen molar-refractivity contribution in [3.63, 3.8) is 0 Å². The molecule has 1 saturated heterocycles. The highest BCUT2D eigenvalue weighted by Crippen LogP contribution is 2.21. The number of hydrogen-bond donors (Lipinski definition) is 7. The Labute approximate surface area is 289 Å². The highest BCUT2D eigenvalue weighted by Gasteiger charge is 2.32. The topological polar surface area (TPSA) is 263 Å². The van der Waals surface area contributed by atoms with Crippen molar-refractivity contribution in [2.45, 2.75) is 88.4 Å². The number of hydrogen-bond acceptors (Lipinski definition) is 13. The number of hydroxylamine groups is 4. The molecule has 2 aliphatic rings. The minimum Gasteiger partial charge on any atom is -0.507 e. The van der Waals surface area contributed by atoms with Gasteiger partial charge in [-0.1, -0.05) is 18.6 Å². The van der Waals surface area contributed by atoms with Crippen LogP contribution < -0.4 is 21.7 Å². The fourth-order valence-electron chi connectivity index (χ4n) is 5.23. The van der Waals surface area contributed by atoms with Crippen molar-refractivity contribution in [3.05, 3.63) is 29.8 Å². The predicted molar refractivity (Wildman–Crippen MR) is 174 cm³/mol. The molecule has 8 N–H and O–H groups in total. The zero-order chi connectivity index (χ0) is 36.6. The van der Waals surface area contributed by atoms with Crippen molar-refractivity contribution in [2.24, 2.45) is 10.7 Å². The Balaban J connectivity index is 1.57. The van der Waals surface area contributed by atoms with E-state index >= 15 is 0 Å². The number of nitrogens with one attached hydrogen (secondary N) is 3. The van der Waals surface area contributed by atoms with Gasteiger partial charge in [-0.15, -0.1) is 0 Å². The molecule has 2 aliphatic heterocycles. The predicted octanol–water partition coefficient (Wildman–Crippen LogP) is -0.526. The number of methoxy groups -OCH3 is 1. The number of phenolic OH excluding ortho intramolecular Hbond substituents is 1. The van der Waals surface area contributed by atoms with E-state index in [4.69, 9.17) is 10.5 Å². The first-order valence-corrected chi connectivity index (χ1v) is 16.6. The molecule has 1 aromatic rings. The highest BCUT2D eigenvalue weighted by molar-refractivity contribution is 6.01.